The van der Waals surface area contributed by atoms with Gasteiger partial charge < -0.3 is 16.2 Å². The van der Waals surface area contributed by atoms with Gasteiger partial charge in [-0.15, -0.1) is 0 Å². The van der Waals surface area contributed by atoms with Gasteiger partial charge >= 0.3 is 5.69 Å². The van der Waals surface area contributed by atoms with E-state index < -0.39 is 4.92 Å². The molecule has 1 aromatic rings. The minimum atomic E-state index is -0.572. The highest BCUT2D eigenvalue weighted by atomic mass is 16.6. The van der Waals surface area contributed by atoms with Crippen LogP contribution in [0.15, 0.2) is 12.1 Å². The summed E-state index contributed by atoms with van der Waals surface area (Å²) in [5, 5.41) is 22.9. The topological polar surface area (TPSA) is 114 Å². The predicted octanol–water partition coefficient (Wildman–Crippen LogP) is 0.899. The molecule has 1 aromatic heterocycles. The molecule has 7 nitrogen and oxygen atoms in total. The van der Waals surface area contributed by atoms with E-state index in [2.05, 4.69) is 10.3 Å². The first kappa shape index (κ1) is 11.6. The largest absolute Gasteiger partial charge is 0.394 e. The van der Waals surface area contributed by atoms with E-state index in [9.17, 15) is 15.2 Å². The number of nitro groups is 1. The molecule has 1 heterocycles. The fraction of sp³-hybridized carbons (Fsp3) is 0.500. The summed E-state index contributed by atoms with van der Waals surface area (Å²) in [6.07, 6.45) is 2.78. The van der Waals surface area contributed by atoms with Gasteiger partial charge in [0.2, 0.25) is 5.82 Å². The number of anilines is 2. The third-order valence-electron chi connectivity index (χ3n) is 3.11. The Bertz CT molecular complexity index is 440. The number of rotatable bonds is 4. The molecule has 4 N–H and O–H groups in total. The Morgan fingerprint density at radius 2 is 2.29 bits per heavy atom. The first-order valence-corrected chi connectivity index (χ1v) is 5.36. The molecule has 2 rings (SSSR count). The molecule has 0 radical (unpaired) electrons. The summed E-state index contributed by atoms with van der Waals surface area (Å²) in [7, 11) is 0. The minimum absolute atomic E-state index is 0.0194. The average Bonchev–Trinajstić information content (AvgIpc) is 2.23. The van der Waals surface area contributed by atoms with Gasteiger partial charge in [0.05, 0.1) is 17.1 Å². The van der Waals surface area contributed by atoms with Gasteiger partial charge in [-0.2, -0.15) is 0 Å². The summed E-state index contributed by atoms with van der Waals surface area (Å²) in [5.41, 5.74) is 4.94. The molecule has 92 valence electrons. The van der Waals surface area contributed by atoms with Crippen LogP contribution in [0.2, 0.25) is 0 Å². The van der Waals surface area contributed by atoms with Crippen LogP contribution >= 0.6 is 0 Å². The van der Waals surface area contributed by atoms with E-state index in [1.165, 1.54) is 12.1 Å². The van der Waals surface area contributed by atoms with Crippen molar-refractivity contribution in [2.45, 2.75) is 24.8 Å². The number of hydrogen-bond acceptors (Lipinski definition) is 6. The van der Waals surface area contributed by atoms with Gasteiger partial charge in [-0.05, 0) is 25.3 Å². The SMILES string of the molecule is Nc1nc(NC2(CO)CCC2)ccc1[N+](=O)[O-]. The number of nitrogens with zero attached hydrogens (tertiary/aromatic N) is 2. The minimum Gasteiger partial charge on any atom is -0.394 e. The Labute approximate surface area is 97.8 Å². The van der Waals surface area contributed by atoms with E-state index in [-0.39, 0.29) is 23.7 Å². The quantitative estimate of drug-likeness (QED) is 0.530. The fourth-order valence-electron chi connectivity index (χ4n) is 1.89. The summed E-state index contributed by atoms with van der Waals surface area (Å²) in [5.74, 6) is 0.342. The first-order chi connectivity index (χ1) is 8.06. The molecule has 7 heteroatoms. The number of pyridine rings is 1. The van der Waals surface area contributed by atoms with Crippen molar-refractivity contribution >= 4 is 17.3 Å². The molecule has 0 amide bonds. The first-order valence-electron chi connectivity index (χ1n) is 5.36. The molecular weight excluding hydrogens is 224 g/mol. The smallest absolute Gasteiger partial charge is 0.311 e. The maximum Gasteiger partial charge on any atom is 0.311 e. The van der Waals surface area contributed by atoms with Gasteiger partial charge in [-0.3, -0.25) is 10.1 Å². The monoisotopic (exact) mass is 238 g/mol. The van der Waals surface area contributed by atoms with Crippen LogP contribution < -0.4 is 11.1 Å². The molecule has 17 heavy (non-hydrogen) atoms. The van der Waals surface area contributed by atoms with E-state index in [0.29, 0.717) is 5.82 Å². The Kier molecular flexibility index (Phi) is 2.84. The highest BCUT2D eigenvalue weighted by Crippen LogP contribution is 2.35. The molecule has 0 bridgehead atoms. The third kappa shape index (κ3) is 2.14. The van der Waals surface area contributed by atoms with Crippen LogP contribution in [0.3, 0.4) is 0 Å². The second-order valence-corrected chi connectivity index (χ2v) is 4.27. The van der Waals surface area contributed by atoms with Crippen molar-refractivity contribution in [3.63, 3.8) is 0 Å². The van der Waals surface area contributed by atoms with Gasteiger partial charge in [0.25, 0.3) is 0 Å². The number of nitrogens with one attached hydrogen (secondary N) is 1. The van der Waals surface area contributed by atoms with Crippen LogP contribution in [0.4, 0.5) is 17.3 Å². The van der Waals surface area contributed by atoms with Crippen molar-refractivity contribution in [1.29, 1.82) is 0 Å². The van der Waals surface area contributed by atoms with Crippen LogP contribution in [0.1, 0.15) is 19.3 Å². The van der Waals surface area contributed by atoms with E-state index in [1.807, 2.05) is 0 Å². The maximum atomic E-state index is 10.6. The Hall–Kier alpha value is -1.89. The lowest BCUT2D eigenvalue weighted by Gasteiger charge is -2.41. The lowest BCUT2D eigenvalue weighted by Crippen LogP contribution is -2.48. The summed E-state index contributed by atoms with van der Waals surface area (Å²) in [6.45, 7) is 0.0194. The highest BCUT2D eigenvalue weighted by Gasteiger charge is 2.36. The summed E-state index contributed by atoms with van der Waals surface area (Å²) in [4.78, 5) is 13.9. The molecule has 1 aliphatic rings. The average molecular weight is 238 g/mol. The van der Waals surface area contributed by atoms with Crippen molar-refractivity contribution in [2.24, 2.45) is 0 Å². The van der Waals surface area contributed by atoms with Crippen LogP contribution in [0, 0.1) is 10.1 Å². The molecule has 0 aromatic carbocycles. The van der Waals surface area contributed by atoms with Crippen molar-refractivity contribution < 1.29 is 10.0 Å². The van der Waals surface area contributed by atoms with Crippen LogP contribution in [-0.2, 0) is 0 Å². The van der Waals surface area contributed by atoms with Gasteiger partial charge in [0.1, 0.15) is 5.82 Å². The highest BCUT2D eigenvalue weighted by molar-refractivity contribution is 5.57. The van der Waals surface area contributed by atoms with E-state index in [1.54, 1.807) is 0 Å². The van der Waals surface area contributed by atoms with Gasteiger partial charge in [0, 0.05) is 6.07 Å². The van der Waals surface area contributed by atoms with Gasteiger partial charge in [0.15, 0.2) is 0 Å². The number of hydrogen-bond donors (Lipinski definition) is 3. The zero-order valence-electron chi connectivity index (χ0n) is 9.22. The summed E-state index contributed by atoms with van der Waals surface area (Å²) in [6, 6.07) is 2.82. The van der Waals surface area contributed by atoms with E-state index in [0.717, 1.165) is 19.3 Å². The second kappa shape index (κ2) is 4.17. The molecular formula is C10H14N4O3. The van der Waals surface area contributed by atoms with Crippen molar-refractivity contribution in [1.82, 2.24) is 4.98 Å². The zero-order chi connectivity index (χ0) is 12.5. The Balaban J connectivity index is 2.17. The Morgan fingerprint density at radius 3 is 2.71 bits per heavy atom. The maximum absolute atomic E-state index is 10.6. The summed E-state index contributed by atoms with van der Waals surface area (Å²) >= 11 is 0. The van der Waals surface area contributed by atoms with Crippen molar-refractivity contribution in [3.05, 3.63) is 22.2 Å². The molecule has 0 spiro atoms. The van der Waals surface area contributed by atoms with Crippen LogP contribution in [0.25, 0.3) is 0 Å². The summed E-state index contributed by atoms with van der Waals surface area (Å²) < 4.78 is 0. The molecule has 1 saturated carbocycles. The van der Waals surface area contributed by atoms with E-state index >= 15 is 0 Å². The fourth-order valence-corrected chi connectivity index (χ4v) is 1.89. The van der Waals surface area contributed by atoms with E-state index in [4.69, 9.17) is 5.73 Å². The second-order valence-electron chi connectivity index (χ2n) is 4.27. The molecule has 0 atom stereocenters. The number of aromatic nitrogens is 1. The number of aliphatic hydroxyl groups is 1. The van der Waals surface area contributed by atoms with Gasteiger partial charge in [-0.25, -0.2) is 4.98 Å². The molecule has 1 fully saturated rings. The number of nitrogen functional groups attached to an aromatic ring is 1. The number of aliphatic hydroxyl groups excluding tert-OH is 1. The van der Waals surface area contributed by atoms with Crippen LogP contribution in [-0.4, -0.2) is 27.2 Å². The normalized spacial score (nSPS) is 17.2. The van der Waals surface area contributed by atoms with Gasteiger partial charge in [-0.1, -0.05) is 0 Å². The van der Waals surface area contributed by atoms with Crippen molar-refractivity contribution in [2.75, 3.05) is 17.7 Å². The molecule has 0 unspecified atom stereocenters. The number of nitrogens with two attached hydrogens (primary N) is 1. The molecule has 0 aliphatic heterocycles. The van der Waals surface area contributed by atoms with Crippen LogP contribution in [0.5, 0.6) is 0 Å². The molecule has 0 saturated heterocycles. The van der Waals surface area contributed by atoms with Crippen molar-refractivity contribution in [3.8, 4) is 0 Å². The predicted molar refractivity (Wildman–Crippen MR) is 62.6 cm³/mol. The third-order valence-corrected chi connectivity index (χ3v) is 3.11. The lowest BCUT2D eigenvalue weighted by molar-refractivity contribution is -0.384. The zero-order valence-corrected chi connectivity index (χ0v) is 9.22. The lowest BCUT2D eigenvalue weighted by atomic mass is 9.77. The standard InChI is InChI=1S/C10H14N4O3/c11-9-7(14(16)17)2-3-8(12-9)13-10(6-15)4-1-5-10/h2-3,15H,1,4-6H2,(H3,11,12,13). The Morgan fingerprint density at radius 1 is 1.59 bits per heavy atom. The molecule has 1 aliphatic carbocycles.